The summed E-state index contributed by atoms with van der Waals surface area (Å²) in [6.07, 6.45) is -6.02. The third-order valence-electron chi connectivity index (χ3n) is 2.52. The molecule has 21 heavy (non-hydrogen) atoms. The van der Waals surface area contributed by atoms with Crippen LogP contribution in [0.25, 0.3) is 0 Å². The van der Waals surface area contributed by atoms with E-state index in [0.717, 1.165) is 6.07 Å². The Hall–Kier alpha value is -1.47. The highest BCUT2D eigenvalue weighted by Gasteiger charge is 2.33. The van der Waals surface area contributed by atoms with E-state index in [0.29, 0.717) is 0 Å². The second kappa shape index (κ2) is 7.51. The molecule has 0 aliphatic rings. The topological polar surface area (TPSA) is 58.6 Å². The second-order valence-electron chi connectivity index (χ2n) is 4.23. The number of halogens is 4. The molecule has 2 N–H and O–H groups in total. The molecular formula is C13H15ClF3NO3. The predicted molar refractivity (Wildman–Crippen MR) is 72.2 cm³/mol. The lowest BCUT2D eigenvalue weighted by atomic mass is 10.1. The Bertz CT molecular complexity index is 494. The molecule has 1 atom stereocenters. The first-order valence-electron chi connectivity index (χ1n) is 6.18. The van der Waals surface area contributed by atoms with E-state index in [1.807, 2.05) is 0 Å². The first-order chi connectivity index (χ1) is 9.74. The number of nitrogens with one attached hydrogen (secondary N) is 1. The van der Waals surface area contributed by atoms with Crippen LogP contribution in [-0.2, 0) is 15.7 Å². The van der Waals surface area contributed by atoms with Crippen LogP contribution in [0.2, 0.25) is 5.02 Å². The van der Waals surface area contributed by atoms with E-state index < -0.39 is 23.8 Å². The molecule has 0 aliphatic heterocycles. The van der Waals surface area contributed by atoms with Gasteiger partial charge in [-0.1, -0.05) is 11.6 Å². The summed E-state index contributed by atoms with van der Waals surface area (Å²) in [7, 11) is 0. The Morgan fingerprint density at radius 2 is 2.14 bits per heavy atom. The summed E-state index contributed by atoms with van der Waals surface area (Å²) < 4.78 is 43.1. The number of esters is 1. The van der Waals surface area contributed by atoms with Crippen molar-refractivity contribution in [3.8, 4) is 0 Å². The molecule has 8 heteroatoms. The van der Waals surface area contributed by atoms with Gasteiger partial charge in [0, 0.05) is 17.3 Å². The monoisotopic (exact) mass is 325 g/mol. The van der Waals surface area contributed by atoms with Gasteiger partial charge in [0.05, 0.1) is 24.7 Å². The quantitative estimate of drug-likeness (QED) is 0.789. The summed E-state index contributed by atoms with van der Waals surface area (Å²) >= 11 is 5.55. The lowest BCUT2D eigenvalue weighted by molar-refractivity contribution is -0.145. The fraction of sp³-hybridized carbons (Fsp3) is 0.462. The van der Waals surface area contributed by atoms with Gasteiger partial charge in [0.1, 0.15) is 0 Å². The number of rotatable bonds is 6. The summed E-state index contributed by atoms with van der Waals surface area (Å²) in [5.41, 5.74) is -1.15. The average Bonchev–Trinajstić information content (AvgIpc) is 2.36. The number of carbonyl (C=O) groups is 1. The molecular weight excluding hydrogens is 311 g/mol. The van der Waals surface area contributed by atoms with E-state index in [1.54, 1.807) is 6.92 Å². The molecule has 0 amide bonds. The third kappa shape index (κ3) is 5.81. The minimum atomic E-state index is -4.57. The van der Waals surface area contributed by atoms with Crippen molar-refractivity contribution in [1.29, 1.82) is 0 Å². The van der Waals surface area contributed by atoms with E-state index in [4.69, 9.17) is 11.6 Å². The van der Waals surface area contributed by atoms with E-state index in [9.17, 15) is 23.1 Å². The van der Waals surface area contributed by atoms with Gasteiger partial charge in [0.25, 0.3) is 0 Å². The lowest BCUT2D eigenvalue weighted by Crippen LogP contribution is -2.25. The van der Waals surface area contributed by atoms with Gasteiger partial charge >= 0.3 is 12.1 Å². The van der Waals surface area contributed by atoms with Gasteiger partial charge in [-0.25, -0.2) is 0 Å². The van der Waals surface area contributed by atoms with Gasteiger partial charge in [-0.15, -0.1) is 0 Å². The molecule has 1 rings (SSSR count). The van der Waals surface area contributed by atoms with E-state index in [2.05, 4.69) is 10.1 Å². The van der Waals surface area contributed by atoms with Crippen molar-refractivity contribution in [1.82, 2.24) is 0 Å². The maximum absolute atomic E-state index is 12.8. The second-order valence-corrected chi connectivity index (χ2v) is 4.67. The van der Waals surface area contributed by atoms with Crippen molar-refractivity contribution >= 4 is 23.3 Å². The minimum absolute atomic E-state index is 0.0417. The molecule has 1 aromatic rings. The van der Waals surface area contributed by atoms with Gasteiger partial charge in [-0.2, -0.15) is 13.2 Å². The predicted octanol–water partition coefficient (Wildman–Crippen LogP) is 3.08. The van der Waals surface area contributed by atoms with Gasteiger partial charge in [0.2, 0.25) is 0 Å². The highest BCUT2D eigenvalue weighted by atomic mass is 35.5. The molecule has 1 unspecified atom stereocenters. The van der Waals surface area contributed by atoms with Crippen LogP contribution in [0.3, 0.4) is 0 Å². The number of hydrogen-bond donors (Lipinski definition) is 2. The number of carbonyl (C=O) groups excluding carboxylic acids is 1. The summed E-state index contributed by atoms with van der Waals surface area (Å²) in [5.74, 6) is -0.612. The lowest BCUT2D eigenvalue weighted by Gasteiger charge is -2.17. The van der Waals surface area contributed by atoms with Crippen molar-refractivity contribution in [3.63, 3.8) is 0 Å². The Kier molecular flexibility index (Phi) is 6.29. The van der Waals surface area contributed by atoms with Gasteiger partial charge < -0.3 is 15.2 Å². The minimum Gasteiger partial charge on any atom is -0.466 e. The average molecular weight is 326 g/mol. The SMILES string of the molecule is CCOC(=O)CC(O)CNc1ccc(Cl)cc1C(F)(F)F. The number of benzene rings is 1. The van der Waals surface area contributed by atoms with Crippen LogP contribution in [0.1, 0.15) is 18.9 Å². The van der Waals surface area contributed by atoms with Gasteiger partial charge in [-0.05, 0) is 25.1 Å². The summed E-state index contributed by atoms with van der Waals surface area (Å²) in [6.45, 7) is 1.57. The number of aliphatic hydroxyl groups is 1. The van der Waals surface area contributed by atoms with E-state index in [-0.39, 0.29) is 30.3 Å². The number of ether oxygens (including phenoxy) is 1. The van der Waals surface area contributed by atoms with Gasteiger partial charge in [-0.3, -0.25) is 4.79 Å². The summed E-state index contributed by atoms with van der Waals surface area (Å²) in [4.78, 5) is 11.1. The zero-order valence-electron chi connectivity index (χ0n) is 11.2. The van der Waals surface area contributed by atoms with E-state index >= 15 is 0 Å². The Balaban J connectivity index is 2.69. The molecule has 0 bridgehead atoms. The number of hydrogen-bond acceptors (Lipinski definition) is 4. The standard InChI is InChI=1S/C13H15ClF3NO3/c1-2-21-12(20)6-9(19)7-18-11-4-3-8(14)5-10(11)13(15,16)17/h3-5,9,18-19H,2,6-7H2,1H3. The van der Waals surface area contributed by atoms with Crippen molar-refractivity contribution in [2.45, 2.75) is 25.6 Å². The fourth-order valence-electron chi connectivity index (χ4n) is 1.62. The first kappa shape index (κ1) is 17.6. The Morgan fingerprint density at radius 1 is 1.48 bits per heavy atom. The van der Waals surface area contributed by atoms with Crippen molar-refractivity contribution in [2.24, 2.45) is 0 Å². The van der Waals surface area contributed by atoms with Gasteiger partial charge in [0.15, 0.2) is 0 Å². The van der Waals surface area contributed by atoms with Crippen LogP contribution in [0.5, 0.6) is 0 Å². The Labute approximate surface area is 124 Å². The molecule has 0 aromatic heterocycles. The van der Waals surface area contributed by atoms with E-state index in [1.165, 1.54) is 12.1 Å². The molecule has 0 radical (unpaired) electrons. The molecule has 4 nitrogen and oxygen atoms in total. The first-order valence-corrected chi connectivity index (χ1v) is 6.56. The number of aliphatic hydroxyl groups excluding tert-OH is 1. The van der Waals surface area contributed by atoms with Crippen LogP contribution >= 0.6 is 11.6 Å². The van der Waals surface area contributed by atoms with Crippen molar-refractivity contribution < 1.29 is 27.8 Å². The maximum atomic E-state index is 12.8. The molecule has 0 aliphatic carbocycles. The molecule has 0 fully saturated rings. The Morgan fingerprint density at radius 3 is 2.71 bits per heavy atom. The zero-order chi connectivity index (χ0) is 16.0. The molecule has 0 spiro atoms. The highest BCUT2D eigenvalue weighted by molar-refractivity contribution is 6.30. The van der Waals surface area contributed by atoms with Crippen LogP contribution in [0, 0.1) is 0 Å². The summed E-state index contributed by atoms with van der Waals surface area (Å²) in [6, 6.07) is 3.26. The smallest absolute Gasteiger partial charge is 0.418 e. The highest BCUT2D eigenvalue weighted by Crippen LogP contribution is 2.36. The largest absolute Gasteiger partial charge is 0.466 e. The van der Waals surface area contributed by atoms with Crippen molar-refractivity contribution in [3.05, 3.63) is 28.8 Å². The van der Waals surface area contributed by atoms with Crippen LogP contribution in [0.15, 0.2) is 18.2 Å². The molecule has 0 saturated heterocycles. The van der Waals surface area contributed by atoms with Crippen LogP contribution < -0.4 is 5.32 Å². The molecule has 1 aromatic carbocycles. The molecule has 118 valence electrons. The maximum Gasteiger partial charge on any atom is 0.418 e. The number of alkyl halides is 3. The van der Waals surface area contributed by atoms with Crippen LogP contribution in [-0.4, -0.2) is 30.3 Å². The van der Waals surface area contributed by atoms with Crippen LogP contribution in [0.4, 0.5) is 18.9 Å². The normalized spacial score (nSPS) is 12.9. The molecule has 0 saturated carbocycles. The zero-order valence-corrected chi connectivity index (χ0v) is 12.0. The molecule has 0 heterocycles. The summed E-state index contributed by atoms with van der Waals surface area (Å²) in [5, 5.41) is 12.0. The third-order valence-corrected chi connectivity index (χ3v) is 2.76. The number of anilines is 1. The fourth-order valence-corrected chi connectivity index (χ4v) is 1.79. The van der Waals surface area contributed by atoms with Crippen molar-refractivity contribution in [2.75, 3.05) is 18.5 Å².